The summed E-state index contributed by atoms with van der Waals surface area (Å²) in [6, 6.07) is 8.37. The molecule has 1 aliphatic rings. The number of phenolic OH excluding ortho intramolecular Hbond substituents is 4. The highest BCUT2D eigenvalue weighted by Crippen LogP contribution is 2.34. The Hall–Kier alpha value is -5.15. The maximum absolute atomic E-state index is 13.1. The normalized spacial score (nSPS) is 17.0. The first kappa shape index (κ1) is 29.8. The van der Waals surface area contributed by atoms with Gasteiger partial charge in [-0.1, -0.05) is 6.07 Å². The monoisotopic (exact) mass is 599 g/mol. The van der Waals surface area contributed by atoms with Gasteiger partial charge in [0, 0.05) is 24.2 Å². The molecule has 0 spiro atoms. The van der Waals surface area contributed by atoms with E-state index in [1.165, 1.54) is 30.3 Å². The van der Waals surface area contributed by atoms with Gasteiger partial charge in [0.05, 0.1) is 29.5 Å². The lowest BCUT2D eigenvalue weighted by Crippen LogP contribution is -2.51. The summed E-state index contributed by atoms with van der Waals surface area (Å²) < 4.78 is 25.4. The predicted octanol–water partition coefficient (Wildman–Crippen LogP) is 0.610. The van der Waals surface area contributed by atoms with Crippen LogP contribution >= 0.6 is 0 Å². The zero-order valence-electron chi connectivity index (χ0n) is 21.8. The van der Waals surface area contributed by atoms with Crippen LogP contribution in [0.3, 0.4) is 0 Å². The average Bonchev–Trinajstić information content (AvgIpc) is 3.30. The molecule has 1 heterocycles. The molecule has 1 saturated heterocycles. The molecule has 0 unspecified atom stereocenters. The van der Waals surface area contributed by atoms with Crippen molar-refractivity contribution in [3.8, 4) is 23.0 Å². The zero-order valence-corrected chi connectivity index (χ0v) is 22.6. The van der Waals surface area contributed by atoms with Gasteiger partial charge in [-0.05, 0) is 48.5 Å². The van der Waals surface area contributed by atoms with Crippen molar-refractivity contribution in [3.05, 3.63) is 82.4 Å². The van der Waals surface area contributed by atoms with Gasteiger partial charge in [0.15, 0.2) is 0 Å². The Morgan fingerprint density at radius 1 is 0.762 bits per heavy atom. The van der Waals surface area contributed by atoms with E-state index in [-0.39, 0.29) is 30.0 Å². The largest absolute Gasteiger partial charge is 0.508 e. The van der Waals surface area contributed by atoms with Crippen molar-refractivity contribution in [2.24, 2.45) is 0 Å². The molecular formula is C27H25N3O11S. The molecule has 2 amide bonds. The molecule has 0 aromatic heterocycles. The molecule has 3 aromatic rings. The summed E-state index contributed by atoms with van der Waals surface area (Å²) in [6.45, 7) is -0.394. The first-order valence-electron chi connectivity index (χ1n) is 12.2. The van der Waals surface area contributed by atoms with Crippen molar-refractivity contribution >= 4 is 33.6 Å². The van der Waals surface area contributed by atoms with Crippen LogP contribution in [0.15, 0.2) is 54.6 Å². The van der Waals surface area contributed by atoms with E-state index >= 15 is 0 Å². The van der Waals surface area contributed by atoms with Crippen LogP contribution in [0.4, 0.5) is 0 Å². The molecule has 0 radical (unpaired) electrons. The Kier molecular flexibility index (Phi) is 8.08. The maximum atomic E-state index is 13.1. The SMILES string of the molecule is CS(=O)(=O)N1C[C@H](NC(=O)c2ccc(O)cc2)[C@@H](NC(=O)c2cc(O)c(C(=O)c3c(O)cccc3C(=O)O)c(O)c2)C1. The minimum absolute atomic E-state index is 0.0667. The molecule has 15 heteroatoms. The quantitative estimate of drug-likeness (QED) is 0.177. The third kappa shape index (κ3) is 6.11. The fourth-order valence-corrected chi connectivity index (χ4v) is 5.37. The summed E-state index contributed by atoms with van der Waals surface area (Å²) in [7, 11) is -3.73. The molecule has 0 aliphatic carbocycles. The van der Waals surface area contributed by atoms with Crippen LogP contribution < -0.4 is 10.6 Å². The van der Waals surface area contributed by atoms with Crippen molar-refractivity contribution < 1.29 is 53.1 Å². The lowest BCUT2D eigenvalue weighted by atomic mass is 9.95. The highest BCUT2D eigenvalue weighted by atomic mass is 32.2. The Morgan fingerprint density at radius 2 is 1.29 bits per heavy atom. The number of carboxylic acid groups (broad SMARTS) is 1. The van der Waals surface area contributed by atoms with E-state index in [1.54, 1.807) is 0 Å². The summed E-state index contributed by atoms with van der Waals surface area (Å²) in [5.41, 5.74) is -2.22. The highest BCUT2D eigenvalue weighted by molar-refractivity contribution is 7.88. The van der Waals surface area contributed by atoms with Gasteiger partial charge in [0.25, 0.3) is 11.8 Å². The number of nitrogens with one attached hydrogen (secondary N) is 2. The fraction of sp³-hybridized carbons (Fsp3) is 0.185. The minimum atomic E-state index is -3.73. The summed E-state index contributed by atoms with van der Waals surface area (Å²) >= 11 is 0. The number of phenols is 4. The molecule has 4 rings (SSSR count). The number of carbonyl (C=O) groups excluding carboxylic acids is 3. The minimum Gasteiger partial charge on any atom is -0.508 e. The second kappa shape index (κ2) is 11.4. The number of carboxylic acids is 1. The van der Waals surface area contributed by atoms with Crippen molar-refractivity contribution in [3.63, 3.8) is 0 Å². The van der Waals surface area contributed by atoms with E-state index in [2.05, 4.69) is 10.6 Å². The van der Waals surface area contributed by atoms with Gasteiger partial charge in [0.2, 0.25) is 15.8 Å². The number of aromatic hydroxyl groups is 4. The molecule has 1 fully saturated rings. The van der Waals surface area contributed by atoms with E-state index in [9.17, 15) is 53.1 Å². The van der Waals surface area contributed by atoms with Gasteiger partial charge in [-0.2, -0.15) is 4.31 Å². The van der Waals surface area contributed by atoms with Crippen LogP contribution in [-0.2, 0) is 10.0 Å². The highest BCUT2D eigenvalue weighted by Gasteiger charge is 2.39. The van der Waals surface area contributed by atoms with Crippen molar-refractivity contribution in [2.75, 3.05) is 19.3 Å². The van der Waals surface area contributed by atoms with Crippen molar-refractivity contribution in [2.45, 2.75) is 12.1 Å². The Balaban J connectivity index is 1.59. The number of carbonyl (C=O) groups is 4. The van der Waals surface area contributed by atoms with Crippen LogP contribution in [-0.4, -0.2) is 93.3 Å². The fourth-order valence-electron chi connectivity index (χ4n) is 4.50. The van der Waals surface area contributed by atoms with Gasteiger partial charge in [-0.3, -0.25) is 14.4 Å². The Morgan fingerprint density at radius 3 is 1.79 bits per heavy atom. The smallest absolute Gasteiger partial charge is 0.336 e. The van der Waals surface area contributed by atoms with Crippen LogP contribution in [0.25, 0.3) is 0 Å². The zero-order chi connectivity index (χ0) is 30.9. The summed E-state index contributed by atoms with van der Waals surface area (Å²) in [6.07, 6.45) is 0.960. The first-order chi connectivity index (χ1) is 19.7. The average molecular weight is 600 g/mol. The standard InChI is InChI=1S/C27H25N3O11S/c1-42(40,41)30-11-17(28-25(36)13-5-7-15(31)8-6-13)18(12-30)29-26(37)14-9-20(33)23(21(34)10-14)24(35)22-16(27(38)39)3-2-4-19(22)32/h2-10,17-18,31-34H,11-12H2,1H3,(H,28,36)(H,29,37)(H,38,39)/t17-,18-/m0/s1. The molecule has 14 nitrogen and oxygen atoms in total. The number of hydrogen-bond acceptors (Lipinski definition) is 10. The van der Waals surface area contributed by atoms with Crippen molar-refractivity contribution in [1.29, 1.82) is 0 Å². The third-order valence-corrected chi connectivity index (χ3v) is 7.84. The molecule has 2 atom stereocenters. The van der Waals surface area contributed by atoms with Crippen LogP contribution in [0.2, 0.25) is 0 Å². The third-order valence-electron chi connectivity index (χ3n) is 6.60. The number of ketones is 1. The number of nitrogens with zero attached hydrogens (tertiary/aromatic N) is 1. The number of rotatable bonds is 8. The van der Waals surface area contributed by atoms with E-state index in [1.807, 2.05) is 0 Å². The van der Waals surface area contributed by atoms with E-state index < -0.39 is 79.6 Å². The molecule has 0 bridgehead atoms. The maximum Gasteiger partial charge on any atom is 0.336 e. The number of benzene rings is 3. The van der Waals surface area contributed by atoms with Gasteiger partial charge >= 0.3 is 5.97 Å². The molecule has 0 saturated carbocycles. The summed E-state index contributed by atoms with van der Waals surface area (Å²) in [5, 5.41) is 55.2. The van der Waals surface area contributed by atoms with Crippen LogP contribution in [0.5, 0.6) is 23.0 Å². The number of hydrogen-bond donors (Lipinski definition) is 7. The van der Waals surface area contributed by atoms with E-state index in [0.717, 1.165) is 34.8 Å². The molecule has 7 N–H and O–H groups in total. The Bertz CT molecular complexity index is 1680. The molecule has 3 aromatic carbocycles. The van der Waals surface area contributed by atoms with E-state index in [4.69, 9.17) is 0 Å². The van der Waals surface area contributed by atoms with Crippen molar-refractivity contribution in [1.82, 2.24) is 14.9 Å². The van der Waals surface area contributed by atoms with Gasteiger partial charge in [-0.15, -0.1) is 0 Å². The Labute approximate surface area is 238 Å². The molecule has 220 valence electrons. The summed E-state index contributed by atoms with van der Waals surface area (Å²) in [5.74, 6) is -6.84. The topological polar surface area (TPSA) is 231 Å². The first-order valence-corrected chi connectivity index (χ1v) is 14.0. The second-order valence-electron chi connectivity index (χ2n) is 9.51. The molecular weight excluding hydrogens is 574 g/mol. The number of amides is 2. The van der Waals surface area contributed by atoms with Crippen LogP contribution in [0.1, 0.15) is 47.0 Å². The lowest BCUT2D eigenvalue weighted by molar-refractivity contribution is 0.0691. The number of aromatic carboxylic acids is 1. The summed E-state index contributed by atoms with van der Waals surface area (Å²) in [4.78, 5) is 50.4. The van der Waals surface area contributed by atoms with Crippen LogP contribution in [0, 0.1) is 0 Å². The lowest BCUT2D eigenvalue weighted by Gasteiger charge is -2.21. The predicted molar refractivity (Wildman–Crippen MR) is 145 cm³/mol. The molecule has 42 heavy (non-hydrogen) atoms. The van der Waals surface area contributed by atoms with E-state index in [0.29, 0.717) is 0 Å². The van der Waals surface area contributed by atoms with Gasteiger partial charge < -0.3 is 36.2 Å². The van der Waals surface area contributed by atoms with Gasteiger partial charge in [0.1, 0.15) is 28.6 Å². The van der Waals surface area contributed by atoms with Gasteiger partial charge in [-0.25, -0.2) is 13.2 Å². The molecule has 1 aliphatic heterocycles. The number of sulfonamides is 1. The second-order valence-corrected chi connectivity index (χ2v) is 11.5.